The van der Waals surface area contributed by atoms with Crippen molar-refractivity contribution in [2.75, 3.05) is 25.5 Å². The van der Waals surface area contributed by atoms with Crippen LogP contribution in [0.1, 0.15) is 15.9 Å². The summed E-state index contributed by atoms with van der Waals surface area (Å²) in [5.41, 5.74) is 1.61. The Bertz CT molecular complexity index is 719. The fourth-order valence-electron chi connectivity index (χ4n) is 2.16. The number of rotatable bonds is 7. The Morgan fingerprint density at radius 3 is 2.67 bits per heavy atom. The summed E-state index contributed by atoms with van der Waals surface area (Å²) < 4.78 is 18.1. The molecule has 0 unspecified atom stereocenters. The summed E-state index contributed by atoms with van der Waals surface area (Å²) in [6.07, 6.45) is 0.427. The van der Waals surface area contributed by atoms with Gasteiger partial charge in [0.05, 0.1) is 19.2 Å². The lowest BCUT2D eigenvalue weighted by Gasteiger charge is -2.09. The van der Waals surface area contributed by atoms with Crippen LogP contribution in [-0.2, 0) is 16.0 Å². The predicted octanol–water partition coefficient (Wildman–Crippen LogP) is 2.38. The summed E-state index contributed by atoms with van der Waals surface area (Å²) in [6, 6.07) is 13.2. The number of esters is 1. The van der Waals surface area contributed by atoms with E-state index in [1.54, 1.807) is 42.5 Å². The molecule has 0 bridgehead atoms. The first-order valence-electron chi connectivity index (χ1n) is 7.52. The molecule has 0 saturated carbocycles. The zero-order valence-corrected chi connectivity index (χ0v) is 13.3. The van der Waals surface area contributed by atoms with Crippen molar-refractivity contribution >= 4 is 17.6 Å². The minimum atomic E-state index is -0.437. The maximum absolute atomic E-state index is 13.5. The monoisotopic (exact) mass is 330 g/mol. The van der Waals surface area contributed by atoms with Crippen LogP contribution in [0.5, 0.6) is 0 Å². The van der Waals surface area contributed by atoms with Gasteiger partial charge in [-0.1, -0.05) is 24.3 Å². The van der Waals surface area contributed by atoms with E-state index in [1.807, 2.05) is 0 Å². The highest BCUT2D eigenvalue weighted by atomic mass is 19.1. The third-order valence-corrected chi connectivity index (χ3v) is 3.41. The highest BCUT2D eigenvalue weighted by Gasteiger charge is 2.07. The quantitative estimate of drug-likeness (QED) is 0.765. The smallest absolute Gasteiger partial charge is 0.337 e. The SMILES string of the molecule is COC(=O)c1cccc(NCC(=O)NCCc2ccccc2F)c1. The second-order valence-electron chi connectivity index (χ2n) is 5.12. The Hall–Kier alpha value is -2.89. The van der Waals surface area contributed by atoms with Gasteiger partial charge in [-0.25, -0.2) is 9.18 Å². The molecule has 0 saturated heterocycles. The van der Waals surface area contributed by atoms with Crippen molar-refractivity contribution in [3.63, 3.8) is 0 Å². The predicted molar refractivity (Wildman–Crippen MR) is 89.4 cm³/mol. The molecule has 0 radical (unpaired) electrons. The van der Waals surface area contributed by atoms with Crippen LogP contribution >= 0.6 is 0 Å². The molecule has 2 aromatic rings. The van der Waals surface area contributed by atoms with Gasteiger partial charge in [0.15, 0.2) is 0 Å². The second kappa shape index (κ2) is 8.67. The average molecular weight is 330 g/mol. The van der Waals surface area contributed by atoms with E-state index < -0.39 is 5.97 Å². The first-order valence-corrected chi connectivity index (χ1v) is 7.52. The molecule has 0 aliphatic rings. The number of hydrogen-bond acceptors (Lipinski definition) is 4. The molecule has 2 N–H and O–H groups in total. The molecule has 0 spiro atoms. The Labute approximate surface area is 139 Å². The molecule has 0 fully saturated rings. The number of methoxy groups -OCH3 is 1. The van der Waals surface area contributed by atoms with Gasteiger partial charge in [0.1, 0.15) is 5.82 Å². The van der Waals surface area contributed by atoms with E-state index in [0.717, 1.165) is 0 Å². The second-order valence-corrected chi connectivity index (χ2v) is 5.12. The molecule has 24 heavy (non-hydrogen) atoms. The molecule has 0 aromatic heterocycles. The van der Waals surface area contributed by atoms with Crippen LogP contribution in [0.15, 0.2) is 48.5 Å². The number of carbonyl (C=O) groups is 2. The standard InChI is InChI=1S/C18H19FN2O3/c1-24-18(23)14-6-4-7-15(11-14)21-12-17(22)20-10-9-13-5-2-3-8-16(13)19/h2-8,11,21H,9-10,12H2,1H3,(H,20,22). The van der Waals surface area contributed by atoms with Crippen molar-refractivity contribution in [1.29, 1.82) is 0 Å². The topological polar surface area (TPSA) is 67.4 Å². The van der Waals surface area contributed by atoms with Crippen LogP contribution < -0.4 is 10.6 Å². The van der Waals surface area contributed by atoms with Crippen LogP contribution in [0.25, 0.3) is 0 Å². The number of halogens is 1. The number of carbonyl (C=O) groups excluding carboxylic acids is 2. The van der Waals surface area contributed by atoms with Crippen molar-refractivity contribution in [2.24, 2.45) is 0 Å². The van der Waals surface area contributed by atoms with Crippen LogP contribution in [0.4, 0.5) is 10.1 Å². The largest absolute Gasteiger partial charge is 0.465 e. The van der Waals surface area contributed by atoms with Crippen molar-refractivity contribution in [1.82, 2.24) is 5.32 Å². The lowest BCUT2D eigenvalue weighted by atomic mass is 10.1. The number of benzene rings is 2. The van der Waals surface area contributed by atoms with E-state index in [2.05, 4.69) is 15.4 Å². The number of hydrogen-bond donors (Lipinski definition) is 2. The Kier molecular flexibility index (Phi) is 6.31. The molecule has 2 aromatic carbocycles. The molecular weight excluding hydrogens is 311 g/mol. The van der Waals surface area contributed by atoms with Gasteiger partial charge in [-0.2, -0.15) is 0 Å². The van der Waals surface area contributed by atoms with E-state index in [4.69, 9.17) is 0 Å². The van der Waals surface area contributed by atoms with E-state index >= 15 is 0 Å². The molecule has 0 aliphatic heterocycles. The average Bonchev–Trinajstić information content (AvgIpc) is 2.61. The Morgan fingerprint density at radius 2 is 1.92 bits per heavy atom. The van der Waals surface area contributed by atoms with Crippen LogP contribution in [0.2, 0.25) is 0 Å². The lowest BCUT2D eigenvalue weighted by Crippen LogP contribution is -2.31. The van der Waals surface area contributed by atoms with Gasteiger partial charge < -0.3 is 15.4 Å². The number of amides is 1. The molecule has 5 nitrogen and oxygen atoms in total. The zero-order valence-electron chi connectivity index (χ0n) is 13.3. The molecule has 6 heteroatoms. The van der Waals surface area contributed by atoms with Crippen molar-refractivity contribution < 1.29 is 18.7 Å². The van der Waals surface area contributed by atoms with Gasteiger partial charge >= 0.3 is 5.97 Å². The highest BCUT2D eigenvalue weighted by Crippen LogP contribution is 2.11. The fraction of sp³-hybridized carbons (Fsp3) is 0.222. The third-order valence-electron chi connectivity index (χ3n) is 3.41. The summed E-state index contributed by atoms with van der Waals surface area (Å²) in [5, 5.41) is 5.65. The molecule has 126 valence electrons. The first kappa shape index (κ1) is 17.5. The molecule has 0 aliphatic carbocycles. The lowest BCUT2D eigenvalue weighted by molar-refractivity contribution is -0.119. The van der Waals surface area contributed by atoms with Crippen molar-refractivity contribution in [3.8, 4) is 0 Å². The highest BCUT2D eigenvalue weighted by molar-refractivity contribution is 5.90. The van der Waals surface area contributed by atoms with Crippen LogP contribution in [0, 0.1) is 5.82 Å². The Morgan fingerprint density at radius 1 is 1.12 bits per heavy atom. The normalized spacial score (nSPS) is 10.1. The van der Waals surface area contributed by atoms with Gasteiger partial charge in [0.25, 0.3) is 0 Å². The number of anilines is 1. The fourth-order valence-corrected chi connectivity index (χ4v) is 2.16. The minimum Gasteiger partial charge on any atom is -0.465 e. The number of ether oxygens (including phenoxy) is 1. The van der Waals surface area contributed by atoms with E-state index in [0.29, 0.717) is 29.8 Å². The van der Waals surface area contributed by atoms with Gasteiger partial charge in [-0.15, -0.1) is 0 Å². The Balaban J connectivity index is 1.77. The van der Waals surface area contributed by atoms with Gasteiger partial charge in [0, 0.05) is 12.2 Å². The molecule has 1 amide bonds. The summed E-state index contributed by atoms with van der Waals surface area (Å²) in [5.74, 6) is -0.924. The van der Waals surface area contributed by atoms with Crippen molar-refractivity contribution in [2.45, 2.75) is 6.42 Å². The van der Waals surface area contributed by atoms with Gasteiger partial charge in [-0.3, -0.25) is 4.79 Å². The maximum Gasteiger partial charge on any atom is 0.337 e. The first-order chi connectivity index (χ1) is 11.6. The van der Waals surface area contributed by atoms with Crippen LogP contribution in [-0.4, -0.2) is 32.1 Å². The van der Waals surface area contributed by atoms with Crippen LogP contribution in [0.3, 0.4) is 0 Å². The summed E-state index contributed by atoms with van der Waals surface area (Å²) in [7, 11) is 1.31. The molecule has 2 rings (SSSR count). The number of nitrogens with one attached hydrogen (secondary N) is 2. The molecular formula is C18H19FN2O3. The molecule has 0 atom stereocenters. The van der Waals surface area contributed by atoms with E-state index in [1.165, 1.54) is 13.2 Å². The third kappa shape index (κ3) is 5.08. The van der Waals surface area contributed by atoms with E-state index in [-0.39, 0.29) is 18.3 Å². The van der Waals surface area contributed by atoms with Gasteiger partial charge in [-0.05, 0) is 36.2 Å². The minimum absolute atomic E-state index is 0.0574. The van der Waals surface area contributed by atoms with E-state index in [9.17, 15) is 14.0 Å². The molecule has 0 heterocycles. The summed E-state index contributed by atoms with van der Waals surface area (Å²) >= 11 is 0. The van der Waals surface area contributed by atoms with Gasteiger partial charge in [0.2, 0.25) is 5.91 Å². The zero-order chi connectivity index (χ0) is 17.4. The summed E-state index contributed by atoms with van der Waals surface area (Å²) in [4.78, 5) is 23.3. The van der Waals surface area contributed by atoms with Crippen molar-refractivity contribution in [3.05, 3.63) is 65.5 Å². The maximum atomic E-state index is 13.5. The summed E-state index contributed by atoms with van der Waals surface area (Å²) in [6.45, 7) is 0.408.